The molecule has 9 nitrogen and oxygen atoms in total. The van der Waals surface area contributed by atoms with E-state index < -0.39 is 15.8 Å². The minimum atomic E-state index is -3.11. The third-order valence-corrected chi connectivity index (χ3v) is 8.63. The monoisotopic (exact) mass is 488 g/mol. The van der Waals surface area contributed by atoms with Crippen molar-refractivity contribution < 1.29 is 22.7 Å². The van der Waals surface area contributed by atoms with Crippen LogP contribution >= 0.6 is 11.3 Å². The Labute approximate surface area is 195 Å². The lowest BCUT2D eigenvalue weighted by Gasteiger charge is -2.12. The number of carbonyl (C=O) groups excluding carboxylic acids is 2. The van der Waals surface area contributed by atoms with Gasteiger partial charge in [0.1, 0.15) is 0 Å². The maximum Gasteiger partial charge on any atom is 0.339 e. The molecule has 11 heteroatoms. The van der Waals surface area contributed by atoms with Gasteiger partial charge in [0.2, 0.25) is 0 Å². The number of hydrogen-bond donors (Lipinski definition) is 1. The van der Waals surface area contributed by atoms with E-state index in [2.05, 4.69) is 10.4 Å². The average Bonchev–Trinajstić information content (AvgIpc) is 3.23. The number of fused-ring (bicyclic) bond motifs is 1. The second-order valence-corrected chi connectivity index (χ2v) is 11.8. The van der Waals surface area contributed by atoms with Crippen molar-refractivity contribution in [3.63, 3.8) is 0 Å². The fraction of sp³-hybridized carbons (Fsp3) is 0.455. The Morgan fingerprint density at radius 3 is 2.79 bits per heavy atom. The number of aromatic nitrogens is 3. The highest BCUT2D eigenvalue weighted by Crippen LogP contribution is 2.41. The normalized spacial score (nSPS) is 19.6. The molecule has 1 aliphatic carbocycles. The number of amides is 1. The summed E-state index contributed by atoms with van der Waals surface area (Å²) in [4.78, 5) is 31.0. The fourth-order valence-electron chi connectivity index (χ4n) is 4.16. The number of ether oxygens (including phenoxy) is 1. The Balaban J connectivity index is 1.40. The van der Waals surface area contributed by atoms with E-state index in [-0.39, 0.29) is 36.0 Å². The van der Waals surface area contributed by atoms with Crippen LogP contribution in [0.25, 0.3) is 11.0 Å². The number of carbonyl (C=O) groups is 2. The van der Waals surface area contributed by atoms with Gasteiger partial charge < -0.3 is 10.1 Å². The molecule has 2 fully saturated rings. The van der Waals surface area contributed by atoms with Crippen LogP contribution in [0.15, 0.2) is 23.6 Å². The number of pyridine rings is 1. The van der Waals surface area contributed by atoms with Crippen molar-refractivity contribution in [2.45, 2.75) is 44.7 Å². The van der Waals surface area contributed by atoms with E-state index in [1.165, 1.54) is 11.3 Å². The van der Waals surface area contributed by atoms with Crippen molar-refractivity contribution in [2.75, 3.05) is 18.1 Å². The third-order valence-electron chi connectivity index (χ3n) is 6.00. The SMILES string of the molecule is Cc1nn(C2CCS(=O)(=O)C2)c2nc(C3CC3)cc(C(=O)OCC(=O)NCc3cccs3)c12. The molecule has 3 aromatic rings. The van der Waals surface area contributed by atoms with Gasteiger partial charge in [-0.15, -0.1) is 11.3 Å². The van der Waals surface area contributed by atoms with Gasteiger partial charge in [-0.1, -0.05) is 6.07 Å². The lowest BCUT2D eigenvalue weighted by atomic mass is 10.1. The molecule has 0 radical (unpaired) electrons. The Bertz CT molecular complexity index is 1330. The van der Waals surface area contributed by atoms with Gasteiger partial charge in [0.25, 0.3) is 5.91 Å². The number of rotatable bonds is 7. The lowest BCUT2D eigenvalue weighted by Crippen LogP contribution is -2.28. The summed E-state index contributed by atoms with van der Waals surface area (Å²) in [6, 6.07) is 5.25. The highest BCUT2D eigenvalue weighted by Gasteiger charge is 2.34. The van der Waals surface area contributed by atoms with E-state index in [0.717, 1.165) is 23.4 Å². The Hall–Kier alpha value is -2.79. The summed E-state index contributed by atoms with van der Waals surface area (Å²) in [6.45, 7) is 1.77. The summed E-state index contributed by atoms with van der Waals surface area (Å²) in [7, 11) is -3.11. The first-order valence-corrected chi connectivity index (χ1v) is 13.6. The second kappa shape index (κ2) is 8.53. The smallest absolute Gasteiger partial charge is 0.339 e. The molecule has 1 N–H and O–H groups in total. The summed E-state index contributed by atoms with van der Waals surface area (Å²) in [5.41, 5.74) is 2.18. The molecule has 0 aromatic carbocycles. The fourth-order valence-corrected chi connectivity index (χ4v) is 6.50. The largest absolute Gasteiger partial charge is 0.452 e. The van der Waals surface area contributed by atoms with Crippen molar-refractivity contribution in [3.8, 4) is 0 Å². The predicted octanol–water partition coefficient (Wildman–Crippen LogP) is 2.51. The number of hydrogen-bond acceptors (Lipinski definition) is 8. The Morgan fingerprint density at radius 1 is 1.30 bits per heavy atom. The van der Waals surface area contributed by atoms with Crippen molar-refractivity contribution >= 4 is 44.1 Å². The molecule has 33 heavy (non-hydrogen) atoms. The molecule has 4 heterocycles. The van der Waals surface area contributed by atoms with Crippen LogP contribution in [0.1, 0.15) is 57.8 Å². The average molecular weight is 489 g/mol. The quantitative estimate of drug-likeness (QED) is 0.507. The van der Waals surface area contributed by atoms with Crippen molar-refractivity contribution in [1.82, 2.24) is 20.1 Å². The predicted molar refractivity (Wildman–Crippen MR) is 123 cm³/mol. The van der Waals surface area contributed by atoms with E-state index in [9.17, 15) is 18.0 Å². The van der Waals surface area contributed by atoms with Crippen LogP contribution in [-0.2, 0) is 25.9 Å². The van der Waals surface area contributed by atoms with Gasteiger partial charge in [0.05, 0.1) is 40.7 Å². The van der Waals surface area contributed by atoms with Crippen LogP contribution in [-0.4, -0.2) is 53.2 Å². The number of nitrogens with zero attached hydrogens (tertiary/aromatic N) is 3. The van der Waals surface area contributed by atoms with Gasteiger partial charge in [-0.05, 0) is 43.7 Å². The van der Waals surface area contributed by atoms with Gasteiger partial charge in [-0.25, -0.2) is 22.9 Å². The van der Waals surface area contributed by atoms with Gasteiger partial charge in [0.15, 0.2) is 22.1 Å². The van der Waals surface area contributed by atoms with Crippen molar-refractivity contribution in [1.29, 1.82) is 0 Å². The molecule has 3 aromatic heterocycles. The van der Waals surface area contributed by atoms with E-state index in [0.29, 0.717) is 35.3 Å². The van der Waals surface area contributed by atoms with E-state index in [4.69, 9.17) is 9.72 Å². The first-order valence-electron chi connectivity index (χ1n) is 10.9. The molecule has 1 atom stereocenters. The standard InChI is InChI=1S/C22H24N4O5S2/c1-13-20-17(22(28)31-11-19(27)23-10-16-3-2-7-32-16)9-18(14-4-5-14)24-21(20)26(25-13)15-6-8-33(29,30)12-15/h2-3,7,9,14-15H,4-6,8,10-12H2,1H3,(H,23,27). The molecule has 1 amide bonds. The maximum absolute atomic E-state index is 13.0. The summed E-state index contributed by atoms with van der Waals surface area (Å²) >= 11 is 1.54. The number of nitrogens with one attached hydrogen (secondary N) is 1. The maximum atomic E-state index is 13.0. The lowest BCUT2D eigenvalue weighted by molar-refractivity contribution is -0.124. The molecule has 5 rings (SSSR count). The summed E-state index contributed by atoms with van der Waals surface area (Å²) < 4.78 is 31.0. The number of aryl methyl sites for hydroxylation is 1. The topological polar surface area (TPSA) is 120 Å². The molecule has 1 aliphatic heterocycles. The molecule has 1 unspecified atom stereocenters. The molecule has 0 bridgehead atoms. The Kier molecular flexibility index (Phi) is 5.69. The highest BCUT2D eigenvalue weighted by molar-refractivity contribution is 7.91. The van der Waals surface area contributed by atoms with Crippen LogP contribution in [0.2, 0.25) is 0 Å². The molecular weight excluding hydrogens is 464 g/mol. The van der Waals surface area contributed by atoms with Crippen LogP contribution < -0.4 is 5.32 Å². The molecule has 2 aliphatic rings. The molecule has 1 saturated carbocycles. The van der Waals surface area contributed by atoms with E-state index >= 15 is 0 Å². The van der Waals surface area contributed by atoms with E-state index in [1.807, 2.05) is 17.5 Å². The molecule has 174 valence electrons. The zero-order chi connectivity index (χ0) is 23.2. The molecular formula is C22H24N4O5S2. The minimum absolute atomic E-state index is 0.0166. The number of esters is 1. The van der Waals surface area contributed by atoms with Crippen molar-refractivity contribution in [3.05, 3.63) is 45.4 Å². The van der Waals surface area contributed by atoms with Crippen LogP contribution in [0, 0.1) is 6.92 Å². The number of thiophene rings is 1. The molecule has 0 spiro atoms. The van der Waals surface area contributed by atoms with Gasteiger partial charge in [-0.2, -0.15) is 5.10 Å². The van der Waals surface area contributed by atoms with Crippen molar-refractivity contribution in [2.24, 2.45) is 0 Å². The minimum Gasteiger partial charge on any atom is -0.452 e. The van der Waals surface area contributed by atoms with Gasteiger partial charge >= 0.3 is 5.97 Å². The van der Waals surface area contributed by atoms with Gasteiger partial charge in [0, 0.05) is 16.5 Å². The molecule has 1 saturated heterocycles. The van der Waals surface area contributed by atoms with Crippen LogP contribution in [0.5, 0.6) is 0 Å². The van der Waals surface area contributed by atoms with Crippen LogP contribution in [0.4, 0.5) is 0 Å². The van der Waals surface area contributed by atoms with Gasteiger partial charge in [-0.3, -0.25) is 4.79 Å². The first kappa shape index (κ1) is 22.0. The summed E-state index contributed by atoms with van der Waals surface area (Å²) in [5.74, 6) is -0.588. The zero-order valence-electron chi connectivity index (χ0n) is 18.1. The number of sulfone groups is 1. The second-order valence-electron chi connectivity index (χ2n) is 8.59. The third kappa shape index (κ3) is 4.65. The van der Waals surface area contributed by atoms with Crippen LogP contribution in [0.3, 0.4) is 0 Å². The first-order chi connectivity index (χ1) is 15.8. The zero-order valence-corrected chi connectivity index (χ0v) is 19.7. The van der Waals surface area contributed by atoms with E-state index in [1.54, 1.807) is 17.7 Å². The highest BCUT2D eigenvalue weighted by atomic mass is 32.2. The Morgan fingerprint density at radius 2 is 2.12 bits per heavy atom. The summed E-state index contributed by atoms with van der Waals surface area (Å²) in [6.07, 6.45) is 2.45. The summed E-state index contributed by atoms with van der Waals surface area (Å²) in [5, 5.41) is 9.77.